The second-order valence-corrected chi connectivity index (χ2v) is 7.16. The molecule has 0 N–H and O–H groups in total. The van der Waals surface area contributed by atoms with Crippen molar-refractivity contribution in [2.75, 3.05) is 6.61 Å². The molecule has 172 valence electrons. The lowest BCUT2D eigenvalue weighted by molar-refractivity contribution is -0.143. The van der Waals surface area contributed by atoms with Crippen LogP contribution in [0.2, 0.25) is 0 Å². The van der Waals surface area contributed by atoms with Gasteiger partial charge in [0.05, 0.1) is 29.7 Å². The van der Waals surface area contributed by atoms with E-state index >= 15 is 0 Å². The standard InChI is InChI=1S/C22H19F3N4O4/c1-2-32-19(30)11-18-14-7-3-4-8-15(14)21(31)28(27-18)13-29-20(26-12-33-29)16-9-5-6-10-17(16)22(23,24)25/h3-10,12,20H,2,11,13H2,1H3. The molecule has 0 saturated carbocycles. The molecule has 1 aliphatic rings. The predicted octanol–water partition coefficient (Wildman–Crippen LogP) is 3.45. The van der Waals surface area contributed by atoms with E-state index in [0.29, 0.717) is 16.5 Å². The fourth-order valence-corrected chi connectivity index (χ4v) is 3.62. The lowest BCUT2D eigenvalue weighted by atomic mass is 10.0. The minimum atomic E-state index is -4.59. The zero-order valence-corrected chi connectivity index (χ0v) is 17.5. The number of aromatic nitrogens is 2. The normalized spacial score (nSPS) is 16.2. The molecule has 8 nitrogen and oxygen atoms in total. The molecule has 3 aromatic rings. The van der Waals surface area contributed by atoms with Gasteiger partial charge in [0, 0.05) is 10.9 Å². The molecule has 0 amide bonds. The SMILES string of the molecule is CCOC(=O)Cc1nn(CN2OC=NC2c2ccccc2C(F)(F)F)c(=O)c2ccccc12. The van der Waals surface area contributed by atoms with E-state index in [-0.39, 0.29) is 25.3 Å². The Bertz CT molecular complexity index is 1270. The number of fused-ring (bicyclic) bond motifs is 1. The van der Waals surface area contributed by atoms with Gasteiger partial charge in [-0.05, 0) is 19.1 Å². The van der Waals surface area contributed by atoms with Crippen LogP contribution < -0.4 is 5.56 Å². The molecule has 1 aromatic heterocycles. The summed E-state index contributed by atoms with van der Waals surface area (Å²) in [6.45, 7) is 1.54. The third-order valence-corrected chi connectivity index (χ3v) is 5.04. The largest absolute Gasteiger partial charge is 0.466 e. The van der Waals surface area contributed by atoms with Crippen molar-refractivity contribution in [2.24, 2.45) is 4.99 Å². The summed E-state index contributed by atoms with van der Waals surface area (Å²) < 4.78 is 46.6. The quantitative estimate of drug-likeness (QED) is 0.524. The summed E-state index contributed by atoms with van der Waals surface area (Å²) in [5, 5.41) is 6.20. The summed E-state index contributed by atoms with van der Waals surface area (Å²) in [5.41, 5.74) is -1.17. The van der Waals surface area contributed by atoms with Crippen LogP contribution in [-0.2, 0) is 33.6 Å². The highest BCUT2D eigenvalue weighted by atomic mass is 19.4. The van der Waals surface area contributed by atoms with Crippen molar-refractivity contribution in [1.82, 2.24) is 14.8 Å². The van der Waals surface area contributed by atoms with Crippen molar-refractivity contribution in [3.05, 3.63) is 75.7 Å². The van der Waals surface area contributed by atoms with Crippen LogP contribution in [0.25, 0.3) is 10.8 Å². The fraction of sp³-hybridized carbons (Fsp3) is 0.273. The van der Waals surface area contributed by atoms with Gasteiger partial charge in [-0.15, -0.1) is 0 Å². The summed E-state index contributed by atoms with van der Waals surface area (Å²) in [5.74, 6) is -0.516. The third-order valence-electron chi connectivity index (χ3n) is 5.04. The zero-order chi connectivity index (χ0) is 23.6. The number of carbonyl (C=O) groups excluding carboxylic acids is 1. The lowest BCUT2D eigenvalue weighted by Gasteiger charge is -2.24. The second-order valence-electron chi connectivity index (χ2n) is 7.16. The van der Waals surface area contributed by atoms with Crippen molar-refractivity contribution in [1.29, 1.82) is 0 Å². The maximum absolute atomic E-state index is 13.5. The van der Waals surface area contributed by atoms with Crippen molar-refractivity contribution in [3.63, 3.8) is 0 Å². The van der Waals surface area contributed by atoms with E-state index in [1.54, 1.807) is 31.2 Å². The van der Waals surface area contributed by atoms with Crippen molar-refractivity contribution < 1.29 is 27.5 Å². The number of alkyl halides is 3. The molecule has 33 heavy (non-hydrogen) atoms. The van der Waals surface area contributed by atoms with Gasteiger partial charge < -0.3 is 9.57 Å². The molecule has 0 bridgehead atoms. The molecule has 2 heterocycles. The van der Waals surface area contributed by atoms with Crippen molar-refractivity contribution in [2.45, 2.75) is 32.4 Å². The number of hydrogen-bond acceptors (Lipinski definition) is 7. The predicted molar refractivity (Wildman–Crippen MR) is 112 cm³/mol. The maximum atomic E-state index is 13.5. The topological polar surface area (TPSA) is 86.0 Å². The number of ether oxygens (including phenoxy) is 1. The van der Waals surface area contributed by atoms with E-state index in [2.05, 4.69) is 10.1 Å². The molecule has 1 unspecified atom stereocenters. The van der Waals surface area contributed by atoms with Gasteiger partial charge in [-0.25, -0.2) is 9.67 Å². The minimum Gasteiger partial charge on any atom is -0.466 e. The van der Waals surface area contributed by atoms with Gasteiger partial charge >= 0.3 is 12.1 Å². The Balaban J connectivity index is 1.71. The zero-order valence-electron chi connectivity index (χ0n) is 17.5. The Morgan fingerprint density at radius 1 is 1.12 bits per heavy atom. The van der Waals surface area contributed by atoms with E-state index in [4.69, 9.17) is 9.57 Å². The molecule has 1 aliphatic heterocycles. The molecule has 0 spiro atoms. The van der Waals surface area contributed by atoms with Crippen LogP contribution in [0, 0.1) is 0 Å². The van der Waals surface area contributed by atoms with E-state index in [1.165, 1.54) is 18.2 Å². The highest BCUT2D eigenvalue weighted by Gasteiger charge is 2.38. The Morgan fingerprint density at radius 2 is 1.82 bits per heavy atom. The smallest absolute Gasteiger partial charge is 0.416 e. The van der Waals surface area contributed by atoms with Gasteiger partial charge in [0.25, 0.3) is 5.56 Å². The Labute approximate surface area is 185 Å². The van der Waals surface area contributed by atoms with Crippen molar-refractivity contribution in [3.8, 4) is 0 Å². The average Bonchev–Trinajstić information content (AvgIpc) is 3.24. The van der Waals surface area contributed by atoms with Crippen LogP contribution >= 0.6 is 0 Å². The molecule has 0 fully saturated rings. The second kappa shape index (κ2) is 9.02. The van der Waals surface area contributed by atoms with Gasteiger partial charge in [-0.2, -0.15) is 18.3 Å². The first-order chi connectivity index (χ1) is 15.8. The third kappa shape index (κ3) is 4.58. The fourth-order valence-electron chi connectivity index (χ4n) is 3.62. The number of rotatable bonds is 6. The van der Waals surface area contributed by atoms with E-state index in [9.17, 15) is 22.8 Å². The molecule has 0 radical (unpaired) electrons. The number of hydroxylamine groups is 2. The number of carbonyl (C=O) groups is 1. The highest BCUT2D eigenvalue weighted by molar-refractivity contribution is 5.86. The monoisotopic (exact) mass is 460 g/mol. The molecule has 11 heteroatoms. The number of benzene rings is 2. The molecule has 2 aromatic carbocycles. The first-order valence-corrected chi connectivity index (χ1v) is 10.0. The number of aliphatic imine (C=N–C) groups is 1. The van der Waals surface area contributed by atoms with Gasteiger partial charge in [-0.3, -0.25) is 9.59 Å². The molecular weight excluding hydrogens is 441 g/mol. The number of nitrogens with zero attached hydrogens (tertiary/aromatic N) is 4. The number of hydrogen-bond donors (Lipinski definition) is 0. The summed E-state index contributed by atoms with van der Waals surface area (Å²) in [4.78, 5) is 34.4. The van der Waals surface area contributed by atoms with Gasteiger partial charge in [-0.1, -0.05) is 41.5 Å². The van der Waals surface area contributed by atoms with Crippen LogP contribution in [0.15, 0.2) is 58.3 Å². The van der Waals surface area contributed by atoms with Crippen LogP contribution in [-0.4, -0.2) is 33.8 Å². The Kier molecular flexibility index (Phi) is 6.14. The van der Waals surface area contributed by atoms with Crippen LogP contribution in [0.5, 0.6) is 0 Å². The summed E-state index contributed by atoms with van der Waals surface area (Å²) in [6.07, 6.45) is -4.89. The van der Waals surface area contributed by atoms with Crippen LogP contribution in [0.3, 0.4) is 0 Å². The molecule has 1 atom stereocenters. The first-order valence-electron chi connectivity index (χ1n) is 10.0. The summed E-state index contributed by atoms with van der Waals surface area (Å²) in [7, 11) is 0. The maximum Gasteiger partial charge on any atom is 0.416 e. The first kappa shape index (κ1) is 22.5. The molecule has 4 rings (SSSR count). The van der Waals surface area contributed by atoms with Gasteiger partial charge in [0.15, 0.2) is 12.6 Å². The Hall–Kier alpha value is -3.73. The average molecular weight is 460 g/mol. The molecule has 0 aliphatic carbocycles. The van der Waals surface area contributed by atoms with E-state index in [0.717, 1.165) is 22.2 Å². The van der Waals surface area contributed by atoms with E-state index < -0.39 is 29.4 Å². The van der Waals surface area contributed by atoms with Crippen LogP contribution in [0.1, 0.15) is 29.9 Å². The number of esters is 1. The molecule has 0 saturated heterocycles. The highest BCUT2D eigenvalue weighted by Crippen LogP contribution is 2.38. The summed E-state index contributed by atoms with van der Waals surface area (Å²) >= 11 is 0. The lowest BCUT2D eigenvalue weighted by Crippen LogP contribution is -2.35. The van der Waals surface area contributed by atoms with E-state index in [1.807, 2.05) is 0 Å². The number of halogens is 3. The minimum absolute atomic E-state index is 0.126. The Morgan fingerprint density at radius 3 is 2.55 bits per heavy atom. The van der Waals surface area contributed by atoms with Gasteiger partial charge in [0.2, 0.25) is 0 Å². The van der Waals surface area contributed by atoms with Crippen molar-refractivity contribution >= 4 is 23.1 Å². The van der Waals surface area contributed by atoms with Gasteiger partial charge in [0.1, 0.15) is 6.67 Å². The van der Waals surface area contributed by atoms with Crippen LogP contribution in [0.4, 0.5) is 13.2 Å². The molecular formula is C22H19F3N4O4. The summed E-state index contributed by atoms with van der Waals surface area (Å²) in [6, 6.07) is 11.6.